The molecule has 0 N–H and O–H groups in total. The highest BCUT2D eigenvalue weighted by atomic mass is 16.6. The molecule has 1 aliphatic heterocycles. The molecule has 0 amide bonds. The van der Waals surface area contributed by atoms with Gasteiger partial charge in [0.1, 0.15) is 6.04 Å². The highest BCUT2D eigenvalue weighted by Crippen LogP contribution is 2.32. The van der Waals surface area contributed by atoms with E-state index in [-0.39, 0.29) is 22.6 Å². The van der Waals surface area contributed by atoms with Crippen LogP contribution in [0, 0.1) is 17.0 Å². The Morgan fingerprint density at radius 1 is 1.48 bits per heavy atom. The van der Waals surface area contributed by atoms with Crippen molar-refractivity contribution in [2.24, 2.45) is 0 Å². The van der Waals surface area contributed by atoms with Gasteiger partial charge in [0.15, 0.2) is 0 Å². The summed E-state index contributed by atoms with van der Waals surface area (Å²) in [7, 11) is 0. The summed E-state index contributed by atoms with van der Waals surface area (Å²) in [6.45, 7) is 4.57. The van der Waals surface area contributed by atoms with E-state index in [0.717, 1.165) is 24.9 Å². The first kappa shape index (κ1) is 15.3. The Balaban J connectivity index is 2.35. The first-order valence-electron chi connectivity index (χ1n) is 7.23. The highest BCUT2D eigenvalue weighted by Gasteiger charge is 2.32. The van der Waals surface area contributed by atoms with E-state index in [0.29, 0.717) is 18.7 Å². The number of nitro groups is 1. The first-order valence-corrected chi connectivity index (χ1v) is 7.23. The molecule has 6 heteroatoms. The molecule has 1 atom stereocenters. The molecule has 1 unspecified atom stereocenters. The molecule has 1 fully saturated rings. The van der Waals surface area contributed by atoms with E-state index in [4.69, 9.17) is 4.74 Å². The number of hydrogen-bond donors (Lipinski definition) is 0. The van der Waals surface area contributed by atoms with Crippen molar-refractivity contribution in [1.29, 1.82) is 0 Å². The molecular weight excluding hydrogens is 272 g/mol. The van der Waals surface area contributed by atoms with Gasteiger partial charge in [-0.1, -0.05) is 6.07 Å². The lowest BCUT2D eigenvalue weighted by atomic mass is 9.99. The second kappa shape index (κ2) is 6.56. The van der Waals surface area contributed by atoms with Crippen molar-refractivity contribution in [1.82, 2.24) is 0 Å². The van der Waals surface area contributed by atoms with Crippen LogP contribution in [-0.4, -0.2) is 30.1 Å². The molecule has 0 saturated carbocycles. The van der Waals surface area contributed by atoms with Crippen molar-refractivity contribution < 1.29 is 14.5 Å². The van der Waals surface area contributed by atoms with Gasteiger partial charge in [-0.25, -0.2) is 4.79 Å². The fraction of sp³-hybridized carbons (Fsp3) is 0.533. The van der Waals surface area contributed by atoms with Crippen molar-refractivity contribution >= 4 is 17.3 Å². The Morgan fingerprint density at radius 3 is 2.90 bits per heavy atom. The minimum atomic E-state index is -0.387. The third-order valence-corrected chi connectivity index (χ3v) is 3.84. The maximum absolute atomic E-state index is 12.1. The number of ether oxygens (including phenoxy) is 1. The van der Waals surface area contributed by atoms with Crippen LogP contribution in [0.3, 0.4) is 0 Å². The van der Waals surface area contributed by atoms with Crippen molar-refractivity contribution in [3.63, 3.8) is 0 Å². The second-order valence-electron chi connectivity index (χ2n) is 5.14. The molecular formula is C15H20N2O4. The Labute approximate surface area is 123 Å². The van der Waals surface area contributed by atoms with E-state index < -0.39 is 0 Å². The Kier molecular flexibility index (Phi) is 4.77. The predicted molar refractivity (Wildman–Crippen MR) is 79.5 cm³/mol. The maximum Gasteiger partial charge on any atom is 0.328 e. The van der Waals surface area contributed by atoms with E-state index in [2.05, 4.69) is 0 Å². The number of esters is 1. The van der Waals surface area contributed by atoms with E-state index in [9.17, 15) is 14.9 Å². The number of benzene rings is 1. The lowest BCUT2D eigenvalue weighted by Crippen LogP contribution is -2.46. The zero-order chi connectivity index (χ0) is 15.4. The number of carbonyl (C=O) groups is 1. The molecule has 0 aromatic heterocycles. The Hall–Kier alpha value is -2.11. The smallest absolute Gasteiger partial charge is 0.328 e. The standard InChI is InChI=1S/C15H20N2O4/c1-3-21-15(18)14-7-4-5-10-16(14)12-8-6-9-13(11(12)2)17(19)20/h6,8-9,14H,3-5,7,10H2,1-2H3. The summed E-state index contributed by atoms with van der Waals surface area (Å²) >= 11 is 0. The van der Waals surface area contributed by atoms with Crippen molar-refractivity contribution in [3.05, 3.63) is 33.9 Å². The van der Waals surface area contributed by atoms with Gasteiger partial charge in [-0.15, -0.1) is 0 Å². The number of anilines is 1. The summed E-state index contributed by atoms with van der Waals surface area (Å²) in [5.74, 6) is -0.247. The SMILES string of the molecule is CCOC(=O)C1CCCCN1c1cccc([N+](=O)[O-])c1C. The van der Waals surface area contributed by atoms with Crippen LogP contribution in [0.25, 0.3) is 0 Å². The number of rotatable bonds is 4. The quantitative estimate of drug-likeness (QED) is 0.484. The average Bonchev–Trinajstić information content (AvgIpc) is 2.47. The monoisotopic (exact) mass is 292 g/mol. The molecule has 0 aliphatic carbocycles. The van der Waals surface area contributed by atoms with Gasteiger partial charge in [0.2, 0.25) is 0 Å². The van der Waals surface area contributed by atoms with Gasteiger partial charge < -0.3 is 9.64 Å². The molecule has 1 aliphatic rings. The third kappa shape index (κ3) is 3.15. The largest absolute Gasteiger partial charge is 0.464 e. The maximum atomic E-state index is 12.1. The molecule has 1 aromatic carbocycles. The van der Waals surface area contributed by atoms with Crippen LogP contribution in [0.2, 0.25) is 0 Å². The zero-order valence-corrected chi connectivity index (χ0v) is 12.4. The molecule has 21 heavy (non-hydrogen) atoms. The number of hydrogen-bond acceptors (Lipinski definition) is 5. The summed E-state index contributed by atoms with van der Waals surface area (Å²) < 4.78 is 5.14. The van der Waals surface area contributed by atoms with Crippen LogP contribution in [-0.2, 0) is 9.53 Å². The average molecular weight is 292 g/mol. The van der Waals surface area contributed by atoms with Gasteiger partial charge in [0, 0.05) is 18.3 Å². The number of nitro benzene ring substituents is 1. The molecule has 1 aromatic rings. The van der Waals surface area contributed by atoms with Crippen molar-refractivity contribution in [2.75, 3.05) is 18.1 Å². The van der Waals surface area contributed by atoms with Gasteiger partial charge >= 0.3 is 5.97 Å². The van der Waals surface area contributed by atoms with Crippen LogP contribution in [0.4, 0.5) is 11.4 Å². The number of carbonyl (C=O) groups excluding carboxylic acids is 1. The van der Waals surface area contributed by atoms with Gasteiger partial charge in [-0.2, -0.15) is 0 Å². The van der Waals surface area contributed by atoms with Gasteiger partial charge in [0.05, 0.1) is 17.1 Å². The van der Waals surface area contributed by atoms with E-state index in [1.165, 1.54) is 6.07 Å². The van der Waals surface area contributed by atoms with Crippen LogP contribution >= 0.6 is 0 Å². The zero-order valence-electron chi connectivity index (χ0n) is 12.4. The summed E-state index contributed by atoms with van der Waals surface area (Å²) in [4.78, 5) is 24.7. The number of nitrogens with zero attached hydrogens (tertiary/aromatic N) is 2. The fourth-order valence-corrected chi connectivity index (χ4v) is 2.82. The Morgan fingerprint density at radius 2 is 2.24 bits per heavy atom. The Bertz CT molecular complexity index is 544. The lowest BCUT2D eigenvalue weighted by molar-refractivity contribution is -0.385. The van der Waals surface area contributed by atoms with Gasteiger partial charge in [0.25, 0.3) is 5.69 Å². The minimum absolute atomic E-state index is 0.0840. The summed E-state index contributed by atoms with van der Waals surface area (Å²) in [5, 5.41) is 11.1. The summed E-state index contributed by atoms with van der Waals surface area (Å²) in [6, 6.07) is 4.64. The van der Waals surface area contributed by atoms with Gasteiger partial charge in [-0.3, -0.25) is 10.1 Å². The van der Waals surface area contributed by atoms with Crippen LogP contribution < -0.4 is 4.90 Å². The molecule has 1 saturated heterocycles. The first-order chi connectivity index (χ1) is 10.1. The highest BCUT2D eigenvalue weighted by molar-refractivity contribution is 5.81. The van der Waals surface area contributed by atoms with Crippen LogP contribution in [0.15, 0.2) is 18.2 Å². The molecule has 1 heterocycles. The molecule has 114 valence electrons. The summed E-state index contributed by atoms with van der Waals surface area (Å²) in [5.41, 5.74) is 1.43. The van der Waals surface area contributed by atoms with E-state index in [1.807, 2.05) is 11.0 Å². The second-order valence-corrected chi connectivity index (χ2v) is 5.14. The summed E-state index contributed by atoms with van der Waals surface area (Å²) in [6.07, 6.45) is 2.66. The van der Waals surface area contributed by atoms with Crippen LogP contribution in [0.5, 0.6) is 0 Å². The molecule has 0 radical (unpaired) electrons. The van der Waals surface area contributed by atoms with Gasteiger partial charge in [-0.05, 0) is 39.2 Å². The fourth-order valence-electron chi connectivity index (χ4n) is 2.82. The third-order valence-electron chi connectivity index (χ3n) is 3.84. The molecule has 2 rings (SSSR count). The van der Waals surface area contributed by atoms with E-state index in [1.54, 1.807) is 19.9 Å². The topological polar surface area (TPSA) is 72.7 Å². The van der Waals surface area contributed by atoms with E-state index >= 15 is 0 Å². The molecule has 0 bridgehead atoms. The molecule has 6 nitrogen and oxygen atoms in total. The van der Waals surface area contributed by atoms with Crippen molar-refractivity contribution in [2.45, 2.75) is 39.2 Å². The van der Waals surface area contributed by atoms with Crippen molar-refractivity contribution in [3.8, 4) is 0 Å². The predicted octanol–water partition coefficient (Wildman–Crippen LogP) is 2.83. The number of piperidine rings is 1. The van der Waals surface area contributed by atoms with Crippen LogP contribution in [0.1, 0.15) is 31.7 Å². The minimum Gasteiger partial charge on any atom is -0.464 e. The lowest BCUT2D eigenvalue weighted by Gasteiger charge is -2.36. The normalized spacial score (nSPS) is 18.4. The molecule has 0 spiro atoms.